The lowest BCUT2D eigenvalue weighted by Gasteiger charge is -2.20. The van der Waals surface area contributed by atoms with Crippen molar-refractivity contribution in [1.29, 1.82) is 0 Å². The van der Waals surface area contributed by atoms with Gasteiger partial charge in [-0.05, 0) is 24.6 Å². The van der Waals surface area contributed by atoms with E-state index in [2.05, 4.69) is 5.32 Å². The van der Waals surface area contributed by atoms with E-state index in [1.165, 1.54) is 13.2 Å². The number of nitrogens with zero attached hydrogens (tertiary/aromatic N) is 1. The molecule has 1 fully saturated rings. The van der Waals surface area contributed by atoms with Crippen LogP contribution < -0.4 is 10.1 Å². The lowest BCUT2D eigenvalue weighted by atomic mass is 10.1. The fourth-order valence-corrected chi connectivity index (χ4v) is 2.17. The molecular formula is C14H19FN2O2. The summed E-state index contributed by atoms with van der Waals surface area (Å²) in [4.78, 5) is 13.9. The van der Waals surface area contributed by atoms with Crippen molar-refractivity contribution in [2.24, 2.45) is 0 Å². The van der Waals surface area contributed by atoms with Crippen molar-refractivity contribution in [3.63, 3.8) is 0 Å². The van der Waals surface area contributed by atoms with Crippen molar-refractivity contribution in [3.05, 3.63) is 29.6 Å². The van der Waals surface area contributed by atoms with E-state index in [1.807, 2.05) is 0 Å². The summed E-state index contributed by atoms with van der Waals surface area (Å²) < 4.78 is 18.7. The third-order valence-corrected chi connectivity index (χ3v) is 3.29. The second kappa shape index (κ2) is 6.52. The Morgan fingerprint density at radius 3 is 3.00 bits per heavy atom. The van der Waals surface area contributed by atoms with Crippen LogP contribution in [0, 0.1) is 5.82 Å². The quantitative estimate of drug-likeness (QED) is 0.894. The maximum absolute atomic E-state index is 13.8. The van der Waals surface area contributed by atoms with Gasteiger partial charge in [0, 0.05) is 25.7 Å². The zero-order valence-corrected chi connectivity index (χ0v) is 11.1. The number of amides is 1. The maximum Gasteiger partial charge on any atom is 0.227 e. The molecule has 1 amide bonds. The summed E-state index contributed by atoms with van der Waals surface area (Å²) >= 11 is 0. The van der Waals surface area contributed by atoms with E-state index in [0.717, 1.165) is 26.1 Å². The Morgan fingerprint density at radius 2 is 2.26 bits per heavy atom. The van der Waals surface area contributed by atoms with E-state index in [-0.39, 0.29) is 18.1 Å². The SMILES string of the molecule is COc1ccc(CC(=O)N2CCCNCC2)c(F)c1. The van der Waals surface area contributed by atoms with Crippen molar-refractivity contribution in [3.8, 4) is 5.75 Å². The van der Waals surface area contributed by atoms with Crippen molar-refractivity contribution < 1.29 is 13.9 Å². The van der Waals surface area contributed by atoms with Gasteiger partial charge in [0.2, 0.25) is 5.91 Å². The lowest BCUT2D eigenvalue weighted by Crippen LogP contribution is -2.35. The maximum atomic E-state index is 13.8. The first-order valence-electron chi connectivity index (χ1n) is 6.51. The smallest absolute Gasteiger partial charge is 0.227 e. The fourth-order valence-electron chi connectivity index (χ4n) is 2.17. The van der Waals surface area contributed by atoms with Crippen LogP contribution in [-0.4, -0.2) is 44.1 Å². The first-order valence-corrected chi connectivity index (χ1v) is 6.51. The number of benzene rings is 1. The average Bonchev–Trinajstić information content (AvgIpc) is 2.70. The summed E-state index contributed by atoms with van der Waals surface area (Å²) in [7, 11) is 1.49. The highest BCUT2D eigenvalue weighted by Crippen LogP contribution is 2.17. The molecule has 1 aromatic rings. The number of rotatable bonds is 3. The van der Waals surface area contributed by atoms with Gasteiger partial charge in [-0.2, -0.15) is 0 Å². The summed E-state index contributed by atoms with van der Waals surface area (Å²) in [6.07, 6.45) is 1.05. The number of halogens is 1. The van der Waals surface area contributed by atoms with Crippen LogP contribution in [0.1, 0.15) is 12.0 Å². The average molecular weight is 266 g/mol. The van der Waals surface area contributed by atoms with Crippen molar-refractivity contribution in [2.45, 2.75) is 12.8 Å². The molecule has 4 nitrogen and oxygen atoms in total. The first-order chi connectivity index (χ1) is 9.20. The molecule has 104 valence electrons. The highest BCUT2D eigenvalue weighted by Gasteiger charge is 2.17. The third kappa shape index (κ3) is 3.67. The second-order valence-electron chi connectivity index (χ2n) is 4.62. The molecular weight excluding hydrogens is 247 g/mol. The Morgan fingerprint density at radius 1 is 1.42 bits per heavy atom. The van der Waals surface area contributed by atoms with Gasteiger partial charge in [-0.25, -0.2) is 4.39 Å². The fraction of sp³-hybridized carbons (Fsp3) is 0.500. The molecule has 1 aromatic carbocycles. The van der Waals surface area contributed by atoms with Crippen LogP contribution in [0.3, 0.4) is 0 Å². The van der Waals surface area contributed by atoms with Crippen molar-refractivity contribution in [2.75, 3.05) is 33.3 Å². The number of ether oxygens (including phenoxy) is 1. The number of carbonyl (C=O) groups is 1. The molecule has 0 radical (unpaired) electrons. The number of hydrogen-bond acceptors (Lipinski definition) is 3. The topological polar surface area (TPSA) is 41.6 Å². The molecule has 5 heteroatoms. The van der Waals surface area contributed by atoms with Crippen LogP contribution in [0.25, 0.3) is 0 Å². The molecule has 1 saturated heterocycles. The molecule has 1 heterocycles. The summed E-state index contributed by atoms with van der Waals surface area (Å²) in [6.45, 7) is 3.16. The Balaban J connectivity index is 2.01. The zero-order chi connectivity index (χ0) is 13.7. The van der Waals surface area contributed by atoms with Gasteiger partial charge in [0.05, 0.1) is 13.5 Å². The van der Waals surface area contributed by atoms with Gasteiger partial charge in [-0.3, -0.25) is 4.79 Å². The van der Waals surface area contributed by atoms with Gasteiger partial charge in [0.25, 0.3) is 0 Å². The number of methoxy groups -OCH3 is 1. The first kappa shape index (κ1) is 13.8. The monoisotopic (exact) mass is 266 g/mol. The summed E-state index contributed by atoms with van der Waals surface area (Å²) in [6, 6.07) is 4.60. The van der Waals surface area contributed by atoms with Gasteiger partial charge in [0.1, 0.15) is 11.6 Å². The Hall–Kier alpha value is -1.62. The largest absolute Gasteiger partial charge is 0.497 e. The van der Waals surface area contributed by atoms with Crippen LogP contribution in [-0.2, 0) is 11.2 Å². The standard InChI is InChI=1S/C14H19FN2O2/c1-19-12-4-3-11(13(15)10-12)9-14(18)17-7-2-5-16-6-8-17/h3-4,10,16H,2,5-9H2,1H3. The molecule has 0 saturated carbocycles. The minimum absolute atomic E-state index is 0.0206. The van der Waals surface area contributed by atoms with Crippen LogP contribution >= 0.6 is 0 Å². The minimum Gasteiger partial charge on any atom is -0.497 e. The molecule has 1 aliphatic rings. The molecule has 1 N–H and O–H groups in total. The molecule has 0 atom stereocenters. The summed E-state index contributed by atoms with van der Waals surface area (Å²) in [5.74, 6) is 0.0566. The third-order valence-electron chi connectivity index (χ3n) is 3.29. The highest BCUT2D eigenvalue weighted by atomic mass is 19.1. The van der Waals surface area contributed by atoms with Crippen molar-refractivity contribution in [1.82, 2.24) is 10.2 Å². The van der Waals surface area contributed by atoms with E-state index >= 15 is 0 Å². The molecule has 0 unspecified atom stereocenters. The molecule has 19 heavy (non-hydrogen) atoms. The second-order valence-corrected chi connectivity index (χ2v) is 4.62. The Kier molecular flexibility index (Phi) is 4.74. The number of hydrogen-bond donors (Lipinski definition) is 1. The van der Waals surface area contributed by atoms with Crippen LogP contribution in [0.2, 0.25) is 0 Å². The summed E-state index contributed by atoms with van der Waals surface area (Å²) in [5.41, 5.74) is 0.419. The molecule has 0 aliphatic carbocycles. The van der Waals surface area contributed by atoms with E-state index in [1.54, 1.807) is 17.0 Å². The minimum atomic E-state index is -0.388. The van der Waals surface area contributed by atoms with E-state index in [4.69, 9.17) is 4.74 Å². The Bertz CT molecular complexity index is 443. The lowest BCUT2D eigenvalue weighted by molar-refractivity contribution is -0.130. The number of carbonyl (C=O) groups excluding carboxylic acids is 1. The van der Waals surface area contributed by atoms with E-state index in [9.17, 15) is 9.18 Å². The number of nitrogens with one attached hydrogen (secondary N) is 1. The zero-order valence-electron chi connectivity index (χ0n) is 11.1. The van der Waals surface area contributed by atoms with Crippen LogP contribution in [0.4, 0.5) is 4.39 Å². The van der Waals surface area contributed by atoms with Gasteiger partial charge < -0.3 is 15.0 Å². The molecule has 0 bridgehead atoms. The van der Waals surface area contributed by atoms with Gasteiger partial charge in [-0.1, -0.05) is 6.07 Å². The van der Waals surface area contributed by atoms with Crippen LogP contribution in [0.15, 0.2) is 18.2 Å². The molecule has 2 rings (SSSR count). The highest BCUT2D eigenvalue weighted by molar-refractivity contribution is 5.79. The van der Waals surface area contributed by atoms with Crippen molar-refractivity contribution >= 4 is 5.91 Å². The molecule has 0 spiro atoms. The predicted molar refractivity (Wildman–Crippen MR) is 70.7 cm³/mol. The molecule has 0 aromatic heterocycles. The molecule has 1 aliphatic heterocycles. The summed E-state index contributed by atoms with van der Waals surface area (Å²) in [5, 5.41) is 3.24. The van der Waals surface area contributed by atoms with E-state index < -0.39 is 0 Å². The van der Waals surface area contributed by atoms with E-state index in [0.29, 0.717) is 17.9 Å². The van der Waals surface area contributed by atoms with Crippen LogP contribution in [0.5, 0.6) is 5.75 Å². The van der Waals surface area contributed by atoms with Gasteiger partial charge in [-0.15, -0.1) is 0 Å². The Labute approximate surface area is 112 Å². The van der Waals surface area contributed by atoms with Gasteiger partial charge >= 0.3 is 0 Å². The predicted octanol–water partition coefficient (Wildman–Crippen LogP) is 1.20. The normalized spacial score (nSPS) is 16.0. The van der Waals surface area contributed by atoms with Gasteiger partial charge in [0.15, 0.2) is 0 Å².